The third-order valence-corrected chi connectivity index (χ3v) is 4.92. The maximum absolute atomic E-state index is 12.0. The van der Waals surface area contributed by atoms with E-state index in [9.17, 15) is 4.79 Å². The lowest BCUT2D eigenvalue weighted by molar-refractivity contribution is -0.139. The molecule has 1 heterocycles. The van der Waals surface area contributed by atoms with E-state index in [4.69, 9.17) is 14.2 Å². The Bertz CT molecular complexity index is 1010. The van der Waals surface area contributed by atoms with Crippen molar-refractivity contribution < 1.29 is 19.0 Å². The van der Waals surface area contributed by atoms with Gasteiger partial charge in [-0.1, -0.05) is 23.8 Å². The van der Waals surface area contributed by atoms with Gasteiger partial charge in [-0.2, -0.15) is 0 Å². The monoisotopic (exact) mass is 424 g/mol. The van der Waals surface area contributed by atoms with Crippen LogP contribution in [0.3, 0.4) is 0 Å². The molecule has 6 nitrogen and oxygen atoms in total. The Kier molecular flexibility index (Phi) is 7.45. The second-order valence-electron chi connectivity index (χ2n) is 6.42. The normalized spacial score (nSPS) is 10.8. The summed E-state index contributed by atoms with van der Waals surface area (Å²) in [7, 11) is 1.58. The van der Waals surface area contributed by atoms with Crippen LogP contribution < -0.4 is 14.8 Å². The smallest absolute Gasteiger partial charge is 0.331 e. The van der Waals surface area contributed by atoms with E-state index in [-0.39, 0.29) is 6.61 Å². The number of nitrogens with one attached hydrogen (secondary N) is 1. The highest BCUT2D eigenvalue weighted by atomic mass is 32.1. The Balaban J connectivity index is 1.52. The second-order valence-corrected chi connectivity index (χ2v) is 7.28. The molecule has 30 heavy (non-hydrogen) atoms. The first-order valence-electron chi connectivity index (χ1n) is 9.51. The van der Waals surface area contributed by atoms with Gasteiger partial charge in [0.1, 0.15) is 6.61 Å². The van der Waals surface area contributed by atoms with Crippen molar-refractivity contribution in [1.29, 1.82) is 0 Å². The lowest BCUT2D eigenvalue weighted by Crippen LogP contribution is -2.01. The van der Waals surface area contributed by atoms with Gasteiger partial charge in [0.2, 0.25) is 0 Å². The summed E-state index contributed by atoms with van der Waals surface area (Å²) in [6.45, 7) is 4.62. The maximum atomic E-state index is 12.0. The molecular formula is C23H24N2O4S. The quantitative estimate of drug-likeness (QED) is 0.368. The van der Waals surface area contributed by atoms with Crippen LogP contribution in [0, 0.1) is 6.92 Å². The molecule has 2 aromatic carbocycles. The summed E-state index contributed by atoms with van der Waals surface area (Å²) in [6, 6.07) is 13.5. The number of thiazole rings is 1. The molecule has 1 N–H and O–H groups in total. The predicted molar refractivity (Wildman–Crippen MR) is 120 cm³/mol. The largest absolute Gasteiger partial charge is 0.493 e. The van der Waals surface area contributed by atoms with Gasteiger partial charge in [0.15, 0.2) is 16.6 Å². The number of hydrogen-bond donors (Lipinski definition) is 1. The number of rotatable bonds is 9. The van der Waals surface area contributed by atoms with Crippen molar-refractivity contribution in [2.24, 2.45) is 0 Å². The number of ether oxygens (including phenoxy) is 3. The Morgan fingerprint density at radius 1 is 1.17 bits per heavy atom. The van der Waals surface area contributed by atoms with Crippen molar-refractivity contribution in [2.45, 2.75) is 20.5 Å². The van der Waals surface area contributed by atoms with Crippen LogP contribution in [-0.2, 0) is 16.1 Å². The van der Waals surface area contributed by atoms with E-state index in [1.165, 1.54) is 23.0 Å². The molecule has 0 aliphatic carbocycles. The van der Waals surface area contributed by atoms with Crippen molar-refractivity contribution in [1.82, 2.24) is 4.98 Å². The molecule has 0 atom stereocenters. The number of aryl methyl sites for hydroxylation is 1. The van der Waals surface area contributed by atoms with Gasteiger partial charge in [0, 0.05) is 17.1 Å². The molecule has 1 aromatic heterocycles. The minimum absolute atomic E-state index is 0.113. The maximum Gasteiger partial charge on any atom is 0.331 e. The van der Waals surface area contributed by atoms with Crippen LogP contribution in [0.5, 0.6) is 11.5 Å². The van der Waals surface area contributed by atoms with Crippen molar-refractivity contribution in [2.75, 3.05) is 19.0 Å². The zero-order valence-electron chi connectivity index (χ0n) is 17.2. The van der Waals surface area contributed by atoms with E-state index < -0.39 is 5.97 Å². The minimum Gasteiger partial charge on any atom is -0.493 e. The van der Waals surface area contributed by atoms with Gasteiger partial charge in [-0.05, 0) is 49.8 Å². The SMILES string of the molecule is CCOc1ccc(/C=C/C(=O)OCc2csc(Nc3ccc(C)cc3)n2)cc1OC. The van der Waals surface area contributed by atoms with Crippen LogP contribution in [0.25, 0.3) is 6.08 Å². The number of nitrogens with zero attached hydrogens (tertiary/aromatic N) is 1. The van der Waals surface area contributed by atoms with Crippen LogP contribution in [0.2, 0.25) is 0 Å². The summed E-state index contributed by atoms with van der Waals surface area (Å²) < 4.78 is 16.1. The predicted octanol–water partition coefficient (Wildman–Crippen LogP) is 5.36. The molecule has 3 aromatic rings. The first-order valence-corrected chi connectivity index (χ1v) is 10.4. The van der Waals surface area contributed by atoms with Gasteiger partial charge < -0.3 is 19.5 Å². The molecule has 0 radical (unpaired) electrons. The Labute approximate surface area is 180 Å². The molecule has 0 saturated heterocycles. The van der Waals surface area contributed by atoms with Gasteiger partial charge in [-0.3, -0.25) is 0 Å². The fraction of sp³-hybridized carbons (Fsp3) is 0.217. The molecule has 0 aliphatic heterocycles. The molecule has 3 rings (SSSR count). The number of carbonyl (C=O) groups is 1. The first kappa shape index (κ1) is 21.4. The van der Waals surface area contributed by atoms with Gasteiger partial charge in [0.05, 0.1) is 19.4 Å². The Hall–Kier alpha value is -3.32. The van der Waals surface area contributed by atoms with E-state index in [1.54, 1.807) is 19.3 Å². The van der Waals surface area contributed by atoms with Crippen molar-refractivity contribution >= 4 is 34.2 Å². The Morgan fingerprint density at radius 3 is 2.70 bits per heavy atom. The third kappa shape index (κ3) is 6.09. The van der Waals surface area contributed by atoms with Gasteiger partial charge in [0.25, 0.3) is 0 Å². The van der Waals surface area contributed by atoms with Gasteiger partial charge in [-0.15, -0.1) is 11.3 Å². The highest BCUT2D eigenvalue weighted by Crippen LogP contribution is 2.28. The molecule has 0 amide bonds. The highest BCUT2D eigenvalue weighted by Gasteiger charge is 2.07. The molecule has 7 heteroatoms. The van der Waals surface area contributed by atoms with Gasteiger partial charge >= 0.3 is 5.97 Å². The second kappa shape index (κ2) is 10.5. The van der Waals surface area contributed by atoms with Gasteiger partial charge in [-0.25, -0.2) is 9.78 Å². The fourth-order valence-corrected chi connectivity index (χ4v) is 3.33. The number of anilines is 2. The summed E-state index contributed by atoms with van der Waals surface area (Å²) in [6.07, 6.45) is 3.05. The van der Waals surface area contributed by atoms with E-state index in [0.29, 0.717) is 23.8 Å². The topological polar surface area (TPSA) is 69.7 Å². The zero-order valence-corrected chi connectivity index (χ0v) is 18.0. The lowest BCUT2D eigenvalue weighted by Gasteiger charge is -2.09. The van der Waals surface area contributed by atoms with Crippen molar-refractivity contribution in [3.8, 4) is 11.5 Å². The van der Waals surface area contributed by atoms with Crippen LogP contribution >= 0.6 is 11.3 Å². The first-order chi connectivity index (χ1) is 14.6. The summed E-state index contributed by atoms with van der Waals surface area (Å²) in [5.41, 5.74) is 3.67. The van der Waals surface area contributed by atoms with Crippen LogP contribution in [0.15, 0.2) is 53.9 Å². The molecule has 0 bridgehead atoms. The van der Waals surface area contributed by atoms with E-state index in [0.717, 1.165) is 16.4 Å². The van der Waals surface area contributed by atoms with E-state index >= 15 is 0 Å². The van der Waals surface area contributed by atoms with Crippen molar-refractivity contribution in [3.63, 3.8) is 0 Å². The summed E-state index contributed by atoms with van der Waals surface area (Å²) in [5.74, 6) is 0.839. The number of aromatic nitrogens is 1. The number of carbonyl (C=O) groups excluding carboxylic acids is 1. The number of esters is 1. The number of hydrogen-bond acceptors (Lipinski definition) is 7. The molecule has 0 spiro atoms. The molecule has 156 valence electrons. The number of methoxy groups -OCH3 is 1. The molecule has 0 saturated carbocycles. The van der Waals surface area contributed by atoms with E-state index in [1.807, 2.05) is 55.6 Å². The average Bonchev–Trinajstić information content (AvgIpc) is 3.20. The van der Waals surface area contributed by atoms with Crippen molar-refractivity contribution in [3.05, 3.63) is 70.7 Å². The zero-order chi connectivity index (χ0) is 21.3. The Morgan fingerprint density at radius 2 is 1.97 bits per heavy atom. The minimum atomic E-state index is -0.441. The number of benzene rings is 2. The third-order valence-electron chi connectivity index (χ3n) is 4.12. The lowest BCUT2D eigenvalue weighted by atomic mass is 10.2. The fourth-order valence-electron chi connectivity index (χ4n) is 2.61. The molecule has 0 unspecified atom stereocenters. The molecule has 0 aliphatic rings. The summed E-state index contributed by atoms with van der Waals surface area (Å²) in [4.78, 5) is 16.5. The average molecular weight is 425 g/mol. The van der Waals surface area contributed by atoms with Crippen LogP contribution in [0.1, 0.15) is 23.7 Å². The molecular weight excluding hydrogens is 400 g/mol. The molecule has 0 fully saturated rings. The summed E-state index contributed by atoms with van der Waals surface area (Å²) in [5, 5.41) is 5.86. The van der Waals surface area contributed by atoms with E-state index in [2.05, 4.69) is 10.3 Å². The van der Waals surface area contributed by atoms with Crippen LogP contribution in [-0.4, -0.2) is 24.7 Å². The standard InChI is InChI=1S/C23H24N2O4S/c1-4-28-20-11-7-17(13-21(20)27-3)8-12-22(26)29-14-19-15-30-23(25-19)24-18-9-5-16(2)6-10-18/h5-13,15H,4,14H2,1-3H3,(H,24,25)/b12-8+. The van der Waals surface area contributed by atoms with Crippen LogP contribution in [0.4, 0.5) is 10.8 Å². The highest BCUT2D eigenvalue weighted by molar-refractivity contribution is 7.13. The summed E-state index contributed by atoms with van der Waals surface area (Å²) >= 11 is 1.46.